The second-order valence-corrected chi connectivity index (χ2v) is 7.63. The molecule has 0 aromatic carbocycles. The van der Waals surface area contributed by atoms with E-state index < -0.39 is 0 Å². The fraction of sp³-hybridized carbons (Fsp3) is 0.632. The number of amides is 1. The van der Waals surface area contributed by atoms with Crippen molar-refractivity contribution in [1.82, 2.24) is 24.4 Å². The van der Waals surface area contributed by atoms with Gasteiger partial charge >= 0.3 is 0 Å². The summed E-state index contributed by atoms with van der Waals surface area (Å²) in [5, 5.41) is 4.53. The molecule has 0 aliphatic carbocycles. The third-order valence-corrected chi connectivity index (χ3v) is 5.65. The van der Waals surface area contributed by atoms with Crippen LogP contribution in [-0.4, -0.2) is 76.2 Å². The van der Waals surface area contributed by atoms with Gasteiger partial charge in [0.2, 0.25) is 0 Å². The number of rotatable bonds is 4. The van der Waals surface area contributed by atoms with Gasteiger partial charge in [0.1, 0.15) is 0 Å². The number of nitrogens with zero attached hydrogens (tertiary/aromatic N) is 5. The van der Waals surface area contributed by atoms with Gasteiger partial charge in [0.05, 0.1) is 6.61 Å². The van der Waals surface area contributed by atoms with Crippen LogP contribution in [0, 0.1) is 19.8 Å². The van der Waals surface area contributed by atoms with E-state index in [0.717, 1.165) is 56.2 Å². The van der Waals surface area contributed by atoms with Crippen molar-refractivity contribution < 1.29 is 9.53 Å². The molecule has 5 rings (SSSR count). The van der Waals surface area contributed by atoms with Crippen molar-refractivity contribution in [3.05, 3.63) is 29.2 Å². The molecular weight excluding hydrogens is 330 g/mol. The molecule has 0 radical (unpaired) electrons. The maximum atomic E-state index is 13.1. The lowest BCUT2D eigenvalue weighted by Gasteiger charge is -2.35. The van der Waals surface area contributed by atoms with Crippen LogP contribution in [0.5, 0.6) is 0 Å². The summed E-state index contributed by atoms with van der Waals surface area (Å²) in [4.78, 5) is 22.1. The number of methoxy groups -OCH3 is 1. The highest BCUT2D eigenvalue weighted by Gasteiger charge is 2.36. The first-order chi connectivity index (χ1) is 12.5. The van der Waals surface area contributed by atoms with Gasteiger partial charge in [0.25, 0.3) is 5.91 Å². The van der Waals surface area contributed by atoms with Gasteiger partial charge in [-0.15, -0.1) is 0 Å². The molecule has 3 fully saturated rings. The van der Waals surface area contributed by atoms with Crippen molar-refractivity contribution in [1.29, 1.82) is 0 Å². The van der Waals surface area contributed by atoms with Crippen LogP contribution in [0.15, 0.2) is 12.1 Å². The Balaban J connectivity index is 1.56. The molecule has 3 aliphatic heterocycles. The zero-order valence-corrected chi connectivity index (χ0v) is 15.8. The molecule has 5 heterocycles. The molecule has 140 valence electrons. The molecular formula is C19H27N5O2. The lowest BCUT2D eigenvalue weighted by atomic mass is 9.95. The van der Waals surface area contributed by atoms with Crippen LogP contribution in [0.4, 0.5) is 0 Å². The Bertz CT molecular complexity index is 818. The van der Waals surface area contributed by atoms with E-state index >= 15 is 0 Å². The number of ether oxygens (including phenoxy) is 1. The monoisotopic (exact) mass is 357 g/mol. The highest BCUT2D eigenvalue weighted by Crippen LogP contribution is 2.28. The molecule has 2 bridgehead atoms. The summed E-state index contributed by atoms with van der Waals surface area (Å²) in [5.41, 5.74) is 3.17. The molecule has 2 aromatic heterocycles. The summed E-state index contributed by atoms with van der Waals surface area (Å²) in [7, 11) is 1.74. The van der Waals surface area contributed by atoms with Gasteiger partial charge < -0.3 is 9.64 Å². The molecule has 0 saturated carbocycles. The van der Waals surface area contributed by atoms with E-state index in [-0.39, 0.29) is 5.91 Å². The van der Waals surface area contributed by atoms with Crippen LogP contribution >= 0.6 is 0 Å². The predicted molar refractivity (Wildman–Crippen MR) is 98.3 cm³/mol. The van der Waals surface area contributed by atoms with Crippen molar-refractivity contribution in [3.8, 4) is 0 Å². The minimum Gasteiger partial charge on any atom is -0.383 e. The fourth-order valence-electron chi connectivity index (χ4n) is 4.38. The van der Waals surface area contributed by atoms with Crippen molar-refractivity contribution in [2.45, 2.75) is 32.7 Å². The van der Waals surface area contributed by atoms with Crippen LogP contribution in [0.1, 0.15) is 34.7 Å². The highest BCUT2D eigenvalue weighted by molar-refractivity contribution is 5.93. The number of fused-ring (bicyclic) bond motifs is 5. The smallest absolute Gasteiger partial charge is 0.274 e. The van der Waals surface area contributed by atoms with Crippen molar-refractivity contribution in [2.75, 3.05) is 39.9 Å². The topological polar surface area (TPSA) is 63.0 Å². The highest BCUT2D eigenvalue weighted by atomic mass is 16.5. The minimum absolute atomic E-state index is 0.0260. The molecule has 1 amide bonds. The third kappa shape index (κ3) is 3.21. The summed E-state index contributed by atoms with van der Waals surface area (Å²) < 4.78 is 7.01. The van der Waals surface area contributed by atoms with Gasteiger partial charge in [0.15, 0.2) is 11.3 Å². The van der Waals surface area contributed by atoms with E-state index in [1.54, 1.807) is 11.6 Å². The van der Waals surface area contributed by atoms with Gasteiger partial charge in [-0.1, -0.05) is 0 Å². The number of aryl methyl sites for hydroxylation is 2. The third-order valence-electron chi connectivity index (χ3n) is 5.65. The average Bonchev–Trinajstić information content (AvgIpc) is 2.83. The zero-order chi connectivity index (χ0) is 18.3. The quantitative estimate of drug-likeness (QED) is 0.830. The molecule has 2 atom stereocenters. The van der Waals surface area contributed by atoms with Crippen molar-refractivity contribution in [2.24, 2.45) is 5.92 Å². The predicted octanol–water partition coefficient (Wildman–Crippen LogP) is 1.53. The molecule has 2 aromatic rings. The Morgan fingerprint density at radius 3 is 2.88 bits per heavy atom. The van der Waals surface area contributed by atoms with Gasteiger partial charge in [-0.05, 0) is 38.7 Å². The molecule has 3 aliphatic rings. The Morgan fingerprint density at radius 1 is 1.23 bits per heavy atom. The summed E-state index contributed by atoms with van der Waals surface area (Å²) in [5.74, 6) is 0.562. The Labute approximate surface area is 153 Å². The largest absolute Gasteiger partial charge is 0.383 e. The Hall–Kier alpha value is -1.99. The lowest BCUT2D eigenvalue weighted by molar-refractivity contribution is 0.0712. The number of carbonyl (C=O) groups excluding carboxylic acids is 1. The van der Waals surface area contributed by atoms with Crippen molar-refractivity contribution in [3.63, 3.8) is 0 Å². The maximum Gasteiger partial charge on any atom is 0.274 e. The van der Waals surface area contributed by atoms with E-state index in [2.05, 4.69) is 15.0 Å². The average molecular weight is 357 g/mol. The van der Waals surface area contributed by atoms with Gasteiger partial charge in [0, 0.05) is 56.8 Å². The normalized spacial score (nSPS) is 23.6. The Kier molecular flexibility index (Phi) is 4.67. The number of hydrogen-bond donors (Lipinski definition) is 0. The second-order valence-electron chi connectivity index (χ2n) is 7.63. The molecule has 7 heteroatoms. The molecule has 0 N–H and O–H groups in total. The first-order valence-corrected chi connectivity index (χ1v) is 9.41. The lowest BCUT2D eigenvalue weighted by Crippen LogP contribution is -2.45. The molecule has 3 saturated heterocycles. The standard InChI is InChI=1S/C19H27N5O2/c1-13-8-14(2)24-18(20-13)9-17(21-24)19(25)23-11-15-4-5-16(12-23)22(10-15)6-7-26-3/h8-9,15-16H,4-7,10-12H2,1-3H3/t15-,16-/m1/s1. The molecule has 0 spiro atoms. The Morgan fingerprint density at radius 2 is 2.08 bits per heavy atom. The molecule has 0 unspecified atom stereocenters. The van der Waals surface area contributed by atoms with E-state index in [4.69, 9.17) is 4.74 Å². The van der Waals surface area contributed by atoms with Crippen LogP contribution in [0.2, 0.25) is 0 Å². The van der Waals surface area contributed by atoms with E-state index in [0.29, 0.717) is 17.7 Å². The minimum atomic E-state index is 0.0260. The van der Waals surface area contributed by atoms with Crippen LogP contribution in [0.25, 0.3) is 5.65 Å². The van der Waals surface area contributed by atoms with Gasteiger partial charge in [-0.2, -0.15) is 5.10 Å². The van der Waals surface area contributed by atoms with E-state index in [9.17, 15) is 4.79 Å². The molecule has 7 nitrogen and oxygen atoms in total. The zero-order valence-electron chi connectivity index (χ0n) is 15.8. The summed E-state index contributed by atoms with van der Waals surface area (Å²) >= 11 is 0. The van der Waals surface area contributed by atoms with E-state index in [1.807, 2.05) is 30.9 Å². The summed E-state index contributed by atoms with van der Waals surface area (Å²) in [6, 6.07) is 4.22. The number of aromatic nitrogens is 3. The van der Waals surface area contributed by atoms with E-state index in [1.165, 1.54) is 6.42 Å². The second kappa shape index (κ2) is 6.96. The van der Waals surface area contributed by atoms with Gasteiger partial charge in [-0.25, -0.2) is 9.50 Å². The number of carbonyl (C=O) groups is 1. The summed E-state index contributed by atoms with van der Waals surface area (Å²) in [6.45, 7) is 8.29. The maximum absolute atomic E-state index is 13.1. The summed E-state index contributed by atoms with van der Waals surface area (Å²) in [6.07, 6.45) is 2.35. The first kappa shape index (κ1) is 17.4. The van der Waals surface area contributed by atoms with Gasteiger partial charge in [-0.3, -0.25) is 9.69 Å². The number of piperidine rings is 1. The van der Waals surface area contributed by atoms with Crippen LogP contribution < -0.4 is 0 Å². The molecule has 26 heavy (non-hydrogen) atoms. The van der Waals surface area contributed by atoms with Crippen LogP contribution in [0.3, 0.4) is 0 Å². The fourth-order valence-corrected chi connectivity index (χ4v) is 4.38. The van der Waals surface area contributed by atoms with Crippen LogP contribution in [-0.2, 0) is 4.74 Å². The SMILES string of the molecule is COCCN1C[C@H]2CC[C@@H]1CN(C(=O)c1cc3nc(C)cc(C)n3n1)C2. The number of hydrogen-bond acceptors (Lipinski definition) is 5. The van der Waals surface area contributed by atoms with Crippen molar-refractivity contribution >= 4 is 11.6 Å². The first-order valence-electron chi connectivity index (χ1n) is 9.41.